The molecule has 0 aliphatic carbocycles. The fourth-order valence-electron chi connectivity index (χ4n) is 0.979. The molecular formula is C8H14N4O2S. The average molecular weight is 230 g/mol. The van der Waals surface area contributed by atoms with Crippen LogP contribution in [0.2, 0.25) is 0 Å². The Kier molecular flexibility index (Phi) is 4.60. The number of sulfonamides is 1. The van der Waals surface area contributed by atoms with Gasteiger partial charge in [-0.15, -0.1) is 0 Å². The van der Waals surface area contributed by atoms with Crippen LogP contribution in [0.25, 0.3) is 0 Å². The molecule has 15 heavy (non-hydrogen) atoms. The van der Waals surface area contributed by atoms with Crippen molar-refractivity contribution in [3.8, 4) is 0 Å². The van der Waals surface area contributed by atoms with Crippen molar-refractivity contribution in [2.45, 2.75) is 6.54 Å². The van der Waals surface area contributed by atoms with Crippen LogP contribution in [0.1, 0.15) is 5.56 Å². The number of hydrogen-bond acceptors (Lipinski definition) is 5. The van der Waals surface area contributed by atoms with Gasteiger partial charge < -0.3 is 5.32 Å². The van der Waals surface area contributed by atoms with E-state index in [1.165, 1.54) is 6.33 Å². The SMILES string of the molecule is CS(=O)(=O)NCCNCc1cncnc1. The van der Waals surface area contributed by atoms with Gasteiger partial charge in [0.1, 0.15) is 6.33 Å². The van der Waals surface area contributed by atoms with E-state index >= 15 is 0 Å². The van der Waals surface area contributed by atoms with E-state index in [4.69, 9.17) is 0 Å². The molecule has 1 aromatic heterocycles. The smallest absolute Gasteiger partial charge is 0.208 e. The van der Waals surface area contributed by atoms with Gasteiger partial charge in [-0.25, -0.2) is 23.1 Å². The first-order valence-corrected chi connectivity index (χ1v) is 6.36. The monoisotopic (exact) mass is 230 g/mol. The maximum Gasteiger partial charge on any atom is 0.208 e. The van der Waals surface area contributed by atoms with Gasteiger partial charge in [0.05, 0.1) is 6.26 Å². The Morgan fingerprint density at radius 2 is 1.93 bits per heavy atom. The summed E-state index contributed by atoms with van der Waals surface area (Å²) in [5.41, 5.74) is 0.969. The van der Waals surface area contributed by atoms with E-state index < -0.39 is 10.0 Å². The molecule has 0 amide bonds. The molecule has 2 N–H and O–H groups in total. The number of nitrogens with one attached hydrogen (secondary N) is 2. The van der Waals surface area contributed by atoms with E-state index in [2.05, 4.69) is 20.0 Å². The molecule has 1 rings (SSSR count). The van der Waals surface area contributed by atoms with Crippen molar-refractivity contribution in [1.29, 1.82) is 0 Å². The average Bonchev–Trinajstić information content (AvgIpc) is 2.17. The molecule has 0 spiro atoms. The lowest BCUT2D eigenvalue weighted by atomic mass is 10.3. The van der Waals surface area contributed by atoms with Crippen LogP contribution in [0.15, 0.2) is 18.7 Å². The van der Waals surface area contributed by atoms with E-state index in [0.717, 1.165) is 11.8 Å². The first kappa shape index (κ1) is 12.0. The first-order valence-electron chi connectivity index (χ1n) is 4.47. The molecular weight excluding hydrogens is 216 g/mol. The van der Waals surface area contributed by atoms with E-state index in [1.54, 1.807) is 12.4 Å². The Labute approximate surface area is 89.2 Å². The molecule has 1 heterocycles. The van der Waals surface area contributed by atoms with Crippen molar-refractivity contribution in [3.63, 3.8) is 0 Å². The van der Waals surface area contributed by atoms with Crippen LogP contribution in [0, 0.1) is 0 Å². The molecule has 6 nitrogen and oxygen atoms in total. The highest BCUT2D eigenvalue weighted by Crippen LogP contribution is 1.90. The molecule has 0 radical (unpaired) electrons. The lowest BCUT2D eigenvalue weighted by Crippen LogP contribution is -2.30. The molecule has 84 valence electrons. The zero-order chi connectivity index (χ0) is 11.1. The van der Waals surface area contributed by atoms with Crippen molar-refractivity contribution >= 4 is 10.0 Å². The van der Waals surface area contributed by atoms with Crippen molar-refractivity contribution in [2.75, 3.05) is 19.3 Å². The van der Waals surface area contributed by atoms with Gasteiger partial charge in [0.25, 0.3) is 0 Å². The van der Waals surface area contributed by atoms with E-state index in [0.29, 0.717) is 19.6 Å². The van der Waals surface area contributed by atoms with Gasteiger partial charge in [0, 0.05) is 37.6 Å². The lowest BCUT2D eigenvalue weighted by Gasteiger charge is -2.04. The van der Waals surface area contributed by atoms with Gasteiger partial charge in [-0.2, -0.15) is 0 Å². The quantitative estimate of drug-likeness (QED) is 0.620. The zero-order valence-electron chi connectivity index (χ0n) is 8.47. The lowest BCUT2D eigenvalue weighted by molar-refractivity contribution is 0.581. The van der Waals surface area contributed by atoms with Crippen LogP contribution >= 0.6 is 0 Å². The minimum absolute atomic E-state index is 0.381. The Bertz CT molecular complexity index is 379. The van der Waals surface area contributed by atoms with Crippen LogP contribution in [0.4, 0.5) is 0 Å². The highest BCUT2D eigenvalue weighted by atomic mass is 32.2. The zero-order valence-corrected chi connectivity index (χ0v) is 9.29. The van der Waals surface area contributed by atoms with Gasteiger partial charge in [-0.05, 0) is 0 Å². The van der Waals surface area contributed by atoms with Crippen molar-refractivity contribution < 1.29 is 8.42 Å². The van der Waals surface area contributed by atoms with Gasteiger partial charge in [-0.3, -0.25) is 0 Å². The molecule has 0 fully saturated rings. The van der Waals surface area contributed by atoms with Gasteiger partial charge in [0.15, 0.2) is 0 Å². The Hall–Kier alpha value is -1.05. The van der Waals surface area contributed by atoms with Gasteiger partial charge in [-0.1, -0.05) is 0 Å². The van der Waals surface area contributed by atoms with Crippen molar-refractivity contribution in [2.24, 2.45) is 0 Å². The minimum atomic E-state index is -3.08. The summed E-state index contributed by atoms with van der Waals surface area (Å²) in [7, 11) is -3.08. The molecule has 0 aromatic carbocycles. The highest BCUT2D eigenvalue weighted by molar-refractivity contribution is 7.88. The number of rotatable bonds is 6. The van der Waals surface area contributed by atoms with Crippen molar-refractivity contribution in [1.82, 2.24) is 20.0 Å². The second-order valence-corrected chi connectivity index (χ2v) is 4.92. The Balaban J connectivity index is 2.13. The summed E-state index contributed by atoms with van der Waals surface area (Å²) in [5, 5.41) is 3.07. The third kappa shape index (κ3) is 6.10. The summed E-state index contributed by atoms with van der Waals surface area (Å²) in [4.78, 5) is 7.72. The van der Waals surface area contributed by atoms with E-state index in [1.807, 2.05) is 0 Å². The van der Waals surface area contributed by atoms with Crippen LogP contribution < -0.4 is 10.0 Å². The fourth-order valence-corrected chi connectivity index (χ4v) is 1.45. The molecule has 0 bridgehead atoms. The third-order valence-corrected chi connectivity index (χ3v) is 2.34. The number of nitrogens with zero attached hydrogens (tertiary/aromatic N) is 2. The summed E-state index contributed by atoms with van der Waals surface area (Å²) in [6.45, 7) is 1.58. The summed E-state index contributed by atoms with van der Waals surface area (Å²) in [5.74, 6) is 0. The maximum atomic E-state index is 10.7. The summed E-state index contributed by atoms with van der Waals surface area (Å²) >= 11 is 0. The van der Waals surface area contributed by atoms with Crippen molar-refractivity contribution in [3.05, 3.63) is 24.3 Å². The maximum absolute atomic E-state index is 10.7. The predicted molar refractivity (Wildman–Crippen MR) is 56.6 cm³/mol. The van der Waals surface area contributed by atoms with Gasteiger partial charge >= 0.3 is 0 Å². The Morgan fingerprint density at radius 1 is 1.27 bits per heavy atom. The second-order valence-electron chi connectivity index (χ2n) is 3.09. The molecule has 0 unspecified atom stereocenters. The molecule has 0 aliphatic rings. The Morgan fingerprint density at radius 3 is 2.53 bits per heavy atom. The predicted octanol–water partition coefficient (Wildman–Crippen LogP) is -0.885. The third-order valence-electron chi connectivity index (χ3n) is 1.61. The number of hydrogen-bond donors (Lipinski definition) is 2. The van der Waals surface area contributed by atoms with Crippen LogP contribution in [0.5, 0.6) is 0 Å². The normalized spacial score (nSPS) is 11.5. The molecule has 0 aliphatic heterocycles. The molecule has 1 aromatic rings. The van der Waals surface area contributed by atoms with Crippen LogP contribution in [0.3, 0.4) is 0 Å². The summed E-state index contributed by atoms with van der Waals surface area (Å²) in [6.07, 6.45) is 6.03. The standard InChI is InChI=1S/C8H14N4O2S/c1-15(13,14)12-3-2-9-4-8-5-10-7-11-6-8/h5-7,9,12H,2-4H2,1H3. The highest BCUT2D eigenvalue weighted by Gasteiger charge is 1.98. The van der Waals surface area contributed by atoms with Gasteiger partial charge in [0.2, 0.25) is 10.0 Å². The first-order chi connectivity index (χ1) is 7.08. The molecule has 0 saturated heterocycles. The molecule has 7 heteroatoms. The fraction of sp³-hybridized carbons (Fsp3) is 0.500. The topological polar surface area (TPSA) is 84.0 Å². The second kappa shape index (κ2) is 5.74. The van der Waals surface area contributed by atoms with Crippen LogP contribution in [-0.4, -0.2) is 37.7 Å². The molecule has 0 atom stereocenters. The van der Waals surface area contributed by atoms with Crippen LogP contribution in [-0.2, 0) is 16.6 Å². The minimum Gasteiger partial charge on any atom is -0.311 e. The largest absolute Gasteiger partial charge is 0.311 e. The number of aromatic nitrogens is 2. The van der Waals surface area contributed by atoms with E-state index in [9.17, 15) is 8.42 Å². The van der Waals surface area contributed by atoms with E-state index in [-0.39, 0.29) is 0 Å². The summed E-state index contributed by atoms with van der Waals surface area (Å²) < 4.78 is 23.8. The summed E-state index contributed by atoms with van der Waals surface area (Å²) in [6, 6.07) is 0. The molecule has 0 saturated carbocycles.